The summed E-state index contributed by atoms with van der Waals surface area (Å²) in [6, 6.07) is 0. The summed E-state index contributed by atoms with van der Waals surface area (Å²) in [5.41, 5.74) is 0.232. The van der Waals surface area contributed by atoms with Crippen LogP contribution in [0.3, 0.4) is 0 Å². The standard InChI is InChI=1S/C13H22N2O2S/c1-3-17-11(16)8-14-12-15-13(9-18-12)6-4-5-10(2)7-13/h10H,3-9H2,1-2H3,(H,14,15). The molecule has 1 aliphatic carbocycles. The molecule has 0 radical (unpaired) electrons. The molecule has 18 heavy (non-hydrogen) atoms. The highest BCUT2D eigenvalue weighted by atomic mass is 32.2. The number of nitrogens with one attached hydrogen (secondary N) is 1. The van der Waals surface area contributed by atoms with Gasteiger partial charge >= 0.3 is 5.97 Å². The number of carbonyl (C=O) groups excluding carboxylic acids is 1. The lowest BCUT2D eigenvalue weighted by Crippen LogP contribution is -2.47. The zero-order valence-electron chi connectivity index (χ0n) is 11.2. The fraction of sp³-hybridized carbons (Fsp3) is 0.846. The summed E-state index contributed by atoms with van der Waals surface area (Å²) in [5.74, 6) is 1.63. The molecule has 2 atom stereocenters. The highest BCUT2D eigenvalue weighted by Crippen LogP contribution is 2.38. The fourth-order valence-corrected chi connectivity index (χ4v) is 4.03. The van der Waals surface area contributed by atoms with Crippen LogP contribution in [0.4, 0.5) is 0 Å². The van der Waals surface area contributed by atoms with E-state index >= 15 is 0 Å². The van der Waals surface area contributed by atoms with Crippen LogP contribution in [0.15, 0.2) is 4.99 Å². The van der Waals surface area contributed by atoms with Crippen LogP contribution in [0.5, 0.6) is 0 Å². The average molecular weight is 270 g/mol. The number of aliphatic imine (C=N–C) groups is 1. The van der Waals surface area contributed by atoms with Crippen molar-refractivity contribution in [1.82, 2.24) is 5.32 Å². The third-order valence-electron chi connectivity index (χ3n) is 3.61. The molecule has 0 aromatic heterocycles. The number of amidine groups is 1. The molecule has 4 nitrogen and oxygen atoms in total. The van der Waals surface area contributed by atoms with Crippen molar-refractivity contribution in [2.75, 3.05) is 18.9 Å². The van der Waals surface area contributed by atoms with Gasteiger partial charge in [-0.25, -0.2) is 0 Å². The Morgan fingerprint density at radius 2 is 2.50 bits per heavy atom. The molecule has 102 valence electrons. The molecule has 2 aliphatic rings. The Bertz CT molecular complexity index is 346. The number of nitrogens with zero attached hydrogens (tertiary/aromatic N) is 1. The van der Waals surface area contributed by atoms with Gasteiger partial charge in [0.25, 0.3) is 0 Å². The van der Waals surface area contributed by atoms with E-state index in [0.29, 0.717) is 6.61 Å². The number of thioether (sulfide) groups is 1. The highest BCUT2D eigenvalue weighted by molar-refractivity contribution is 8.14. The van der Waals surface area contributed by atoms with E-state index in [0.717, 1.165) is 16.8 Å². The average Bonchev–Trinajstić information content (AvgIpc) is 2.70. The lowest BCUT2D eigenvalue weighted by Gasteiger charge is -2.36. The van der Waals surface area contributed by atoms with Crippen LogP contribution in [0.1, 0.15) is 39.5 Å². The predicted octanol–water partition coefficient (Wildman–Crippen LogP) is 2.19. The van der Waals surface area contributed by atoms with Crippen molar-refractivity contribution in [1.29, 1.82) is 0 Å². The van der Waals surface area contributed by atoms with Gasteiger partial charge in [-0.2, -0.15) is 0 Å². The molecule has 1 aliphatic heterocycles. The largest absolute Gasteiger partial charge is 0.465 e. The van der Waals surface area contributed by atoms with Gasteiger partial charge in [0.15, 0.2) is 5.17 Å². The molecule has 2 unspecified atom stereocenters. The van der Waals surface area contributed by atoms with Gasteiger partial charge in [-0.15, -0.1) is 0 Å². The summed E-state index contributed by atoms with van der Waals surface area (Å²) in [6.45, 7) is 4.69. The molecular formula is C13H22N2O2S. The van der Waals surface area contributed by atoms with Crippen molar-refractivity contribution in [2.45, 2.75) is 45.1 Å². The van der Waals surface area contributed by atoms with E-state index in [-0.39, 0.29) is 18.1 Å². The molecule has 2 fully saturated rings. The Labute approximate surface area is 113 Å². The Balaban J connectivity index is 1.87. The van der Waals surface area contributed by atoms with E-state index in [9.17, 15) is 4.79 Å². The smallest absolute Gasteiger partial charge is 0.327 e. The van der Waals surface area contributed by atoms with Crippen LogP contribution in [0.25, 0.3) is 0 Å². The van der Waals surface area contributed by atoms with Gasteiger partial charge in [0, 0.05) is 11.3 Å². The zero-order chi connectivity index (χ0) is 13.0. The first-order valence-corrected chi connectivity index (χ1v) is 7.73. The second-order valence-electron chi connectivity index (χ2n) is 5.32. The van der Waals surface area contributed by atoms with Gasteiger partial charge in [0.1, 0.15) is 6.54 Å². The second kappa shape index (κ2) is 5.95. The van der Waals surface area contributed by atoms with Crippen LogP contribution in [-0.2, 0) is 9.53 Å². The summed E-state index contributed by atoms with van der Waals surface area (Å²) in [5, 5.41) is 4.45. The Kier molecular flexibility index (Phi) is 4.54. The Morgan fingerprint density at radius 3 is 3.22 bits per heavy atom. The van der Waals surface area contributed by atoms with E-state index in [1.54, 1.807) is 11.8 Å². The minimum atomic E-state index is -0.245. The molecule has 0 amide bonds. The number of hydrogen-bond donors (Lipinski definition) is 1. The summed E-state index contributed by atoms with van der Waals surface area (Å²) in [4.78, 5) is 15.6. The maximum absolute atomic E-state index is 11.3. The number of carbonyl (C=O) groups is 1. The molecule has 1 saturated carbocycles. The number of ether oxygens (including phenoxy) is 1. The Morgan fingerprint density at radius 1 is 1.67 bits per heavy atom. The van der Waals surface area contributed by atoms with Gasteiger partial charge in [0.2, 0.25) is 0 Å². The maximum Gasteiger partial charge on any atom is 0.327 e. The normalized spacial score (nSPS) is 33.7. The van der Waals surface area contributed by atoms with Gasteiger partial charge in [-0.05, 0) is 25.7 Å². The van der Waals surface area contributed by atoms with E-state index in [2.05, 4.69) is 17.2 Å². The van der Waals surface area contributed by atoms with Gasteiger partial charge in [-0.1, -0.05) is 31.5 Å². The van der Waals surface area contributed by atoms with Crippen molar-refractivity contribution >= 4 is 22.9 Å². The SMILES string of the molecule is CCOC(=O)CN=C1NC2(CCCC(C)C2)CS1. The predicted molar refractivity (Wildman–Crippen MR) is 74.9 cm³/mol. The fourth-order valence-electron chi connectivity index (χ4n) is 2.84. The maximum atomic E-state index is 11.3. The summed E-state index contributed by atoms with van der Waals surface area (Å²) in [7, 11) is 0. The van der Waals surface area contributed by atoms with Crippen molar-refractivity contribution < 1.29 is 9.53 Å². The zero-order valence-corrected chi connectivity index (χ0v) is 12.0. The van der Waals surface area contributed by atoms with E-state index in [1.165, 1.54) is 25.7 Å². The number of esters is 1. The van der Waals surface area contributed by atoms with E-state index in [1.807, 2.05) is 6.92 Å². The molecule has 1 saturated heterocycles. The van der Waals surface area contributed by atoms with Crippen LogP contribution in [0, 0.1) is 5.92 Å². The molecule has 5 heteroatoms. The molecular weight excluding hydrogens is 248 g/mol. The van der Waals surface area contributed by atoms with Crippen LogP contribution in [-0.4, -0.2) is 35.6 Å². The molecule has 1 spiro atoms. The highest BCUT2D eigenvalue weighted by Gasteiger charge is 2.40. The molecule has 1 heterocycles. The second-order valence-corrected chi connectivity index (χ2v) is 6.29. The molecule has 1 N–H and O–H groups in total. The van der Waals surface area contributed by atoms with Gasteiger partial charge in [0.05, 0.1) is 6.61 Å². The van der Waals surface area contributed by atoms with Gasteiger partial charge < -0.3 is 10.1 Å². The molecule has 0 aromatic rings. The Hall–Kier alpha value is -0.710. The van der Waals surface area contributed by atoms with Crippen molar-refractivity contribution in [3.63, 3.8) is 0 Å². The third-order valence-corrected chi connectivity index (χ3v) is 4.81. The van der Waals surface area contributed by atoms with Crippen LogP contribution in [0.2, 0.25) is 0 Å². The molecule has 0 bridgehead atoms. The van der Waals surface area contributed by atoms with Gasteiger partial charge in [-0.3, -0.25) is 9.79 Å². The van der Waals surface area contributed by atoms with Crippen molar-refractivity contribution in [3.8, 4) is 0 Å². The monoisotopic (exact) mass is 270 g/mol. The summed E-state index contributed by atoms with van der Waals surface area (Å²) in [6.07, 6.45) is 5.07. The summed E-state index contributed by atoms with van der Waals surface area (Å²) >= 11 is 1.74. The lowest BCUT2D eigenvalue weighted by molar-refractivity contribution is -0.141. The van der Waals surface area contributed by atoms with E-state index < -0.39 is 0 Å². The van der Waals surface area contributed by atoms with Crippen LogP contribution >= 0.6 is 11.8 Å². The number of rotatable bonds is 3. The minimum Gasteiger partial charge on any atom is -0.465 e. The first-order valence-electron chi connectivity index (χ1n) is 6.74. The molecule has 2 rings (SSSR count). The quantitative estimate of drug-likeness (QED) is 0.799. The first kappa shape index (κ1) is 13.7. The van der Waals surface area contributed by atoms with E-state index in [4.69, 9.17) is 4.74 Å². The summed E-state index contributed by atoms with van der Waals surface area (Å²) < 4.78 is 4.87. The first-order chi connectivity index (χ1) is 8.63. The number of hydrogen-bond acceptors (Lipinski definition) is 4. The third kappa shape index (κ3) is 3.40. The molecule has 0 aromatic carbocycles. The van der Waals surface area contributed by atoms with Crippen molar-refractivity contribution in [3.05, 3.63) is 0 Å². The van der Waals surface area contributed by atoms with Crippen molar-refractivity contribution in [2.24, 2.45) is 10.9 Å². The topological polar surface area (TPSA) is 50.7 Å². The van der Waals surface area contributed by atoms with Crippen LogP contribution < -0.4 is 5.32 Å². The lowest BCUT2D eigenvalue weighted by atomic mass is 9.78. The minimum absolute atomic E-state index is 0.134.